The molecule has 0 aliphatic carbocycles. The summed E-state index contributed by atoms with van der Waals surface area (Å²) in [4.78, 5) is 23.4. The number of ether oxygens (including phenoxy) is 1. The maximum Gasteiger partial charge on any atom is 0.316 e. The number of rotatable bonds is 4. The lowest BCUT2D eigenvalue weighted by molar-refractivity contribution is -0.149. The van der Waals surface area contributed by atoms with Crippen molar-refractivity contribution in [1.29, 1.82) is 0 Å². The van der Waals surface area contributed by atoms with Crippen LogP contribution < -0.4 is 10.1 Å². The van der Waals surface area contributed by atoms with E-state index in [-0.39, 0.29) is 0 Å². The summed E-state index contributed by atoms with van der Waals surface area (Å²) >= 11 is 3.30. The van der Waals surface area contributed by atoms with Crippen LogP contribution in [-0.4, -0.2) is 24.1 Å². The first-order valence-electron chi connectivity index (χ1n) is 6.03. The average Bonchev–Trinajstić information content (AvgIpc) is 2.24. The van der Waals surface area contributed by atoms with Crippen LogP contribution in [0.4, 0.5) is 5.69 Å². The van der Waals surface area contributed by atoms with Gasteiger partial charge < -0.3 is 15.2 Å². The number of carboxylic acid groups (broad SMARTS) is 1. The highest BCUT2D eigenvalue weighted by molar-refractivity contribution is 9.10. The molecular formula is C14H18BrNO4. The van der Waals surface area contributed by atoms with Crippen LogP contribution >= 0.6 is 15.9 Å². The summed E-state index contributed by atoms with van der Waals surface area (Å²) in [5.74, 6) is -2.26. The number of carboxylic acids is 1. The smallest absolute Gasteiger partial charge is 0.316 e. The van der Waals surface area contributed by atoms with Crippen molar-refractivity contribution in [3.8, 4) is 5.75 Å². The third kappa shape index (κ3) is 4.23. The molecule has 1 amide bonds. The normalized spacial score (nSPS) is 12.7. The van der Waals surface area contributed by atoms with Gasteiger partial charge in [-0.05, 0) is 17.5 Å². The summed E-state index contributed by atoms with van der Waals surface area (Å²) in [6.07, 6.45) is 0. The molecule has 1 aromatic carbocycles. The summed E-state index contributed by atoms with van der Waals surface area (Å²) < 4.78 is 5.83. The molecule has 0 fully saturated rings. The van der Waals surface area contributed by atoms with Gasteiger partial charge in [-0.3, -0.25) is 9.59 Å². The van der Waals surface area contributed by atoms with Gasteiger partial charge in [0.25, 0.3) is 0 Å². The maximum atomic E-state index is 12.2. The Hall–Kier alpha value is -1.56. The van der Waals surface area contributed by atoms with E-state index in [1.165, 1.54) is 7.11 Å². The van der Waals surface area contributed by atoms with Gasteiger partial charge in [-0.1, -0.05) is 36.7 Å². The number of benzene rings is 1. The lowest BCUT2D eigenvalue weighted by Gasteiger charge is -2.26. The van der Waals surface area contributed by atoms with Crippen molar-refractivity contribution in [1.82, 2.24) is 0 Å². The van der Waals surface area contributed by atoms with Gasteiger partial charge in [0.2, 0.25) is 5.91 Å². The molecule has 1 atom stereocenters. The van der Waals surface area contributed by atoms with Gasteiger partial charge in [0, 0.05) is 16.2 Å². The topological polar surface area (TPSA) is 75.6 Å². The first-order valence-corrected chi connectivity index (χ1v) is 6.82. The van der Waals surface area contributed by atoms with Crippen LogP contribution in [0.25, 0.3) is 0 Å². The highest BCUT2D eigenvalue weighted by atomic mass is 79.9. The zero-order valence-corrected chi connectivity index (χ0v) is 13.4. The number of aliphatic carboxylic acids is 1. The Kier molecular flexibility index (Phi) is 5.16. The summed E-state index contributed by atoms with van der Waals surface area (Å²) in [5, 5.41) is 11.8. The Balaban J connectivity index is 3.00. The minimum Gasteiger partial charge on any atom is -0.497 e. The summed E-state index contributed by atoms with van der Waals surface area (Å²) in [6.45, 7) is 5.15. The number of amides is 1. The van der Waals surface area contributed by atoms with Crippen LogP contribution in [0.2, 0.25) is 0 Å². The summed E-state index contributed by atoms with van der Waals surface area (Å²) in [7, 11) is 1.52. The monoisotopic (exact) mass is 343 g/mol. The highest BCUT2D eigenvalue weighted by Gasteiger charge is 2.37. The van der Waals surface area contributed by atoms with Gasteiger partial charge in [0.05, 0.1) is 7.11 Å². The Morgan fingerprint density at radius 2 is 1.90 bits per heavy atom. The number of carbonyl (C=O) groups is 2. The first kappa shape index (κ1) is 16.5. The van der Waals surface area contributed by atoms with Crippen molar-refractivity contribution in [3.05, 3.63) is 22.7 Å². The second-order valence-corrected chi connectivity index (χ2v) is 6.42. The molecule has 0 heterocycles. The quantitative estimate of drug-likeness (QED) is 0.823. The zero-order chi connectivity index (χ0) is 15.5. The van der Waals surface area contributed by atoms with Gasteiger partial charge in [0.1, 0.15) is 11.7 Å². The van der Waals surface area contributed by atoms with E-state index in [1.54, 1.807) is 39.0 Å². The summed E-state index contributed by atoms with van der Waals surface area (Å²) in [5.41, 5.74) is -0.192. The molecule has 0 saturated carbocycles. The lowest BCUT2D eigenvalue weighted by Crippen LogP contribution is -2.39. The molecular weight excluding hydrogens is 326 g/mol. The number of hydrogen-bond donors (Lipinski definition) is 2. The Morgan fingerprint density at radius 3 is 2.35 bits per heavy atom. The molecule has 0 radical (unpaired) electrons. The van der Waals surface area contributed by atoms with Crippen molar-refractivity contribution in [2.45, 2.75) is 20.8 Å². The standard InChI is InChI=1S/C14H18BrNO4/c1-14(2,3)11(13(18)19)12(17)16-9-5-8(15)6-10(7-9)20-4/h5-7,11H,1-4H3,(H,16,17)(H,18,19). The van der Waals surface area contributed by atoms with E-state index in [1.807, 2.05) is 0 Å². The van der Waals surface area contributed by atoms with Gasteiger partial charge in [-0.15, -0.1) is 0 Å². The highest BCUT2D eigenvalue weighted by Crippen LogP contribution is 2.29. The minimum atomic E-state index is -1.14. The molecule has 0 aromatic heterocycles. The number of anilines is 1. The first-order chi connectivity index (χ1) is 9.15. The largest absolute Gasteiger partial charge is 0.497 e. The predicted molar refractivity (Wildman–Crippen MR) is 79.9 cm³/mol. The second kappa shape index (κ2) is 6.26. The molecule has 20 heavy (non-hydrogen) atoms. The SMILES string of the molecule is COc1cc(Br)cc(NC(=O)C(C(=O)O)C(C)(C)C)c1. The van der Waals surface area contributed by atoms with Gasteiger partial charge >= 0.3 is 5.97 Å². The molecule has 1 aromatic rings. The van der Waals surface area contributed by atoms with E-state index in [0.29, 0.717) is 11.4 Å². The van der Waals surface area contributed by atoms with E-state index < -0.39 is 23.2 Å². The third-order valence-electron chi connectivity index (χ3n) is 2.75. The second-order valence-electron chi connectivity index (χ2n) is 5.51. The Labute approximate surface area is 126 Å². The fourth-order valence-corrected chi connectivity index (χ4v) is 2.32. The predicted octanol–water partition coefficient (Wildman–Crippen LogP) is 3.14. The van der Waals surface area contributed by atoms with Crippen molar-refractivity contribution >= 4 is 33.5 Å². The fourth-order valence-electron chi connectivity index (χ4n) is 1.84. The molecule has 6 heteroatoms. The molecule has 110 valence electrons. The van der Waals surface area contributed by atoms with Gasteiger partial charge in [-0.2, -0.15) is 0 Å². The van der Waals surface area contributed by atoms with Crippen molar-refractivity contribution < 1.29 is 19.4 Å². The van der Waals surface area contributed by atoms with Crippen molar-refractivity contribution in [2.24, 2.45) is 11.3 Å². The molecule has 0 saturated heterocycles. The van der Waals surface area contributed by atoms with E-state index in [4.69, 9.17) is 4.74 Å². The molecule has 0 bridgehead atoms. The molecule has 2 N–H and O–H groups in total. The van der Waals surface area contributed by atoms with Crippen molar-refractivity contribution in [2.75, 3.05) is 12.4 Å². The van der Waals surface area contributed by atoms with Crippen LogP contribution in [0.3, 0.4) is 0 Å². The zero-order valence-electron chi connectivity index (χ0n) is 11.9. The van der Waals surface area contributed by atoms with E-state index in [0.717, 1.165) is 4.47 Å². The Morgan fingerprint density at radius 1 is 1.30 bits per heavy atom. The Bertz CT molecular complexity index is 522. The van der Waals surface area contributed by atoms with Gasteiger partial charge in [-0.25, -0.2) is 0 Å². The minimum absolute atomic E-state index is 0.483. The molecule has 1 rings (SSSR count). The number of hydrogen-bond acceptors (Lipinski definition) is 3. The number of methoxy groups -OCH3 is 1. The molecule has 5 nitrogen and oxygen atoms in total. The van der Waals surface area contributed by atoms with E-state index in [9.17, 15) is 14.7 Å². The van der Waals surface area contributed by atoms with Crippen LogP contribution in [0.1, 0.15) is 20.8 Å². The molecule has 0 spiro atoms. The van der Waals surface area contributed by atoms with Crippen molar-refractivity contribution in [3.63, 3.8) is 0 Å². The van der Waals surface area contributed by atoms with E-state index in [2.05, 4.69) is 21.2 Å². The van der Waals surface area contributed by atoms with Crippen LogP contribution in [0.5, 0.6) is 5.75 Å². The molecule has 0 aliphatic heterocycles. The maximum absolute atomic E-state index is 12.2. The number of carbonyl (C=O) groups excluding carboxylic acids is 1. The lowest BCUT2D eigenvalue weighted by atomic mass is 9.80. The number of halogens is 1. The van der Waals surface area contributed by atoms with Crippen LogP contribution in [-0.2, 0) is 9.59 Å². The van der Waals surface area contributed by atoms with Crippen LogP contribution in [0, 0.1) is 11.3 Å². The average molecular weight is 344 g/mol. The van der Waals surface area contributed by atoms with Crippen LogP contribution in [0.15, 0.2) is 22.7 Å². The third-order valence-corrected chi connectivity index (χ3v) is 3.21. The summed E-state index contributed by atoms with van der Waals surface area (Å²) in [6, 6.07) is 5.06. The molecule has 0 aliphatic rings. The fraction of sp³-hybridized carbons (Fsp3) is 0.429. The van der Waals surface area contributed by atoms with E-state index >= 15 is 0 Å². The van der Waals surface area contributed by atoms with Gasteiger partial charge in [0.15, 0.2) is 0 Å². The molecule has 1 unspecified atom stereocenters. The number of nitrogens with one attached hydrogen (secondary N) is 1.